The van der Waals surface area contributed by atoms with Crippen molar-refractivity contribution in [3.63, 3.8) is 0 Å². The minimum atomic E-state index is -4.71. The Kier molecular flexibility index (Phi) is 5.37. The smallest absolute Gasteiger partial charge is 0.311 e. The van der Waals surface area contributed by atoms with Crippen molar-refractivity contribution in [3.05, 3.63) is 69.9 Å². The second-order valence-corrected chi connectivity index (χ2v) is 9.42. The van der Waals surface area contributed by atoms with Gasteiger partial charge in [-0.25, -0.2) is 9.50 Å². The van der Waals surface area contributed by atoms with E-state index in [-0.39, 0.29) is 17.0 Å². The van der Waals surface area contributed by atoms with Crippen molar-refractivity contribution in [1.82, 2.24) is 14.6 Å². The number of anilines is 1. The molecule has 3 heterocycles. The average molecular weight is 482 g/mol. The number of benzene rings is 1. The minimum Gasteiger partial charge on any atom is -0.311 e. The summed E-state index contributed by atoms with van der Waals surface area (Å²) < 4.78 is 42.1. The number of nitrogens with one attached hydrogen (secondary N) is 1. The number of carbonyl (C=O) groups excluding carboxylic acids is 1. The van der Waals surface area contributed by atoms with Gasteiger partial charge in [-0.15, -0.1) is 11.3 Å². The molecule has 0 radical (unpaired) electrons. The van der Waals surface area contributed by atoms with Crippen LogP contribution in [0.1, 0.15) is 45.5 Å². The van der Waals surface area contributed by atoms with E-state index in [0.717, 1.165) is 35.8 Å². The highest BCUT2D eigenvalue weighted by Gasteiger charge is 2.36. The lowest BCUT2D eigenvalue weighted by Crippen LogP contribution is -2.15. The molecule has 1 aliphatic rings. The first-order valence-corrected chi connectivity index (χ1v) is 11.5. The van der Waals surface area contributed by atoms with Crippen molar-refractivity contribution < 1.29 is 18.0 Å². The SMILES string of the molecule is C[C@H]1CCc2c(sc(NC(=O)c3cc4nc(-c5ccccc5)cc(C(F)(F)F)n4n3)c2C#N)C1. The predicted octanol–water partition coefficient (Wildman–Crippen LogP) is 5.73. The summed E-state index contributed by atoms with van der Waals surface area (Å²) in [5.74, 6) is -0.201. The van der Waals surface area contributed by atoms with Gasteiger partial charge >= 0.3 is 6.18 Å². The van der Waals surface area contributed by atoms with Crippen LogP contribution in [0.15, 0.2) is 42.5 Å². The lowest BCUT2D eigenvalue weighted by atomic mass is 9.89. The lowest BCUT2D eigenvalue weighted by Gasteiger charge is -2.17. The van der Waals surface area contributed by atoms with E-state index in [0.29, 0.717) is 26.6 Å². The van der Waals surface area contributed by atoms with Crippen LogP contribution in [0, 0.1) is 17.2 Å². The zero-order chi connectivity index (χ0) is 24.0. The summed E-state index contributed by atoms with van der Waals surface area (Å²) >= 11 is 1.34. The van der Waals surface area contributed by atoms with E-state index in [1.807, 2.05) is 0 Å². The van der Waals surface area contributed by atoms with Crippen LogP contribution >= 0.6 is 11.3 Å². The van der Waals surface area contributed by atoms with Gasteiger partial charge in [0.25, 0.3) is 5.91 Å². The first-order valence-electron chi connectivity index (χ1n) is 10.6. The standard InChI is InChI=1S/C24H18F3N5OS/c1-13-7-8-15-16(12-28)23(34-19(15)9-13)30-22(33)18-11-21-29-17(14-5-3-2-4-6-14)10-20(24(25,26)27)32(21)31-18/h2-6,10-11,13H,7-9H2,1H3,(H,30,33)/t13-/m0/s1. The number of nitriles is 1. The molecule has 0 saturated heterocycles. The molecule has 1 atom stereocenters. The quantitative estimate of drug-likeness (QED) is 0.405. The average Bonchev–Trinajstić information content (AvgIpc) is 3.38. The molecule has 10 heteroatoms. The van der Waals surface area contributed by atoms with Crippen LogP contribution in [-0.2, 0) is 19.0 Å². The molecule has 3 aromatic heterocycles. The third-order valence-electron chi connectivity index (χ3n) is 5.87. The third kappa shape index (κ3) is 3.92. The zero-order valence-electron chi connectivity index (χ0n) is 18.0. The van der Waals surface area contributed by atoms with Gasteiger partial charge in [-0.1, -0.05) is 37.3 Å². The molecule has 0 spiro atoms. The number of amides is 1. The van der Waals surface area contributed by atoms with Crippen LogP contribution in [0.25, 0.3) is 16.9 Å². The highest BCUT2D eigenvalue weighted by atomic mass is 32.1. The highest BCUT2D eigenvalue weighted by Crippen LogP contribution is 2.39. The summed E-state index contributed by atoms with van der Waals surface area (Å²) in [7, 11) is 0. The van der Waals surface area contributed by atoms with Crippen molar-refractivity contribution in [3.8, 4) is 17.3 Å². The van der Waals surface area contributed by atoms with Gasteiger partial charge in [-0.05, 0) is 36.8 Å². The topological polar surface area (TPSA) is 83.1 Å². The van der Waals surface area contributed by atoms with Crippen LogP contribution in [0.3, 0.4) is 0 Å². The predicted molar refractivity (Wildman–Crippen MR) is 122 cm³/mol. The number of hydrogen-bond acceptors (Lipinski definition) is 5. The van der Waals surface area contributed by atoms with Gasteiger partial charge in [0.1, 0.15) is 11.1 Å². The molecule has 6 nitrogen and oxygen atoms in total. The Hall–Kier alpha value is -3.71. The maximum Gasteiger partial charge on any atom is 0.433 e. The molecule has 1 amide bonds. The Labute approximate surface area is 196 Å². The summed E-state index contributed by atoms with van der Waals surface area (Å²) in [6.45, 7) is 2.14. The fraction of sp³-hybridized carbons (Fsp3) is 0.250. The number of alkyl halides is 3. The number of aromatic nitrogens is 3. The zero-order valence-corrected chi connectivity index (χ0v) is 18.8. The number of nitrogens with zero attached hydrogens (tertiary/aromatic N) is 4. The number of fused-ring (bicyclic) bond motifs is 2. The monoisotopic (exact) mass is 481 g/mol. The first kappa shape index (κ1) is 22.1. The van der Waals surface area contributed by atoms with Crippen LogP contribution in [-0.4, -0.2) is 20.5 Å². The van der Waals surface area contributed by atoms with Gasteiger partial charge in [0.15, 0.2) is 17.0 Å². The van der Waals surface area contributed by atoms with Gasteiger partial charge in [0, 0.05) is 16.5 Å². The lowest BCUT2D eigenvalue weighted by molar-refractivity contribution is -0.142. The Balaban J connectivity index is 1.54. The second kappa shape index (κ2) is 8.25. The van der Waals surface area contributed by atoms with E-state index in [2.05, 4.69) is 28.4 Å². The summed E-state index contributed by atoms with van der Waals surface area (Å²) in [5.41, 5.74) is 0.659. The van der Waals surface area contributed by atoms with Gasteiger partial charge < -0.3 is 5.32 Å². The molecule has 5 rings (SSSR count). The number of halogens is 3. The Bertz CT molecular complexity index is 1450. The molecule has 0 saturated carbocycles. The van der Waals surface area contributed by atoms with E-state index >= 15 is 0 Å². The van der Waals surface area contributed by atoms with Gasteiger partial charge in [0.2, 0.25) is 0 Å². The van der Waals surface area contributed by atoms with E-state index in [4.69, 9.17) is 0 Å². The summed E-state index contributed by atoms with van der Waals surface area (Å²) in [4.78, 5) is 18.3. The molecular formula is C24H18F3N5OS. The molecule has 0 fully saturated rings. The second-order valence-electron chi connectivity index (χ2n) is 8.31. The van der Waals surface area contributed by atoms with E-state index < -0.39 is 17.8 Å². The van der Waals surface area contributed by atoms with Crippen LogP contribution in [0.2, 0.25) is 0 Å². The normalized spacial score (nSPS) is 15.7. The number of thiophene rings is 1. The van der Waals surface area contributed by atoms with Crippen LogP contribution in [0.5, 0.6) is 0 Å². The van der Waals surface area contributed by atoms with Gasteiger partial charge in [-0.3, -0.25) is 4.79 Å². The maximum absolute atomic E-state index is 13.8. The molecular weight excluding hydrogens is 463 g/mol. The number of hydrogen-bond donors (Lipinski definition) is 1. The molecule has 1 aliphatic carbocycles. The van der Waals surface area contributed by atoms with Crippen LogP contribution < -0.4 is 5.32 Å². The molecule has 1 N–H and O–H groups in total. The van der Waals surface area contributed by atoms with Crippen molar-refractivity contribution in [2.45, 2.75) is 32.4 Å². The molecule has 4 aromatic rings. The summed E-state index contributed by atoms with van der Waals surface area (Å²) in [5, 5.41) is 16.6. The van der Waals surface area contributed by atoms with Crippen molar-refractivity contribution in [2.75, 3.05) is 5.32 Å². The van der Waals surface area contributed by atoms with Gasteiger partial charge in [0.05, 0.1) is 11.3 Å². The van der Waals surface area contributed by atoms with E-state index in [1.165, 1.54) is 17.4 Å². The minimum absolute atomic E-state index is 0.0985. The molecule has 0 bridgehead atoms. The number of carbonyl (C=O) groups is 1. The molecule has 0 aliphatic heterocycles. The Morgan fingerprint density at radius 2 is 2.03 bits per heavy atom. The van der Waals surface area contributed by atoms with Crippen LogP contribution in [0.4, 0.5) is 18.2 Å². The Morgan fingerprint density at radius 1 is 1.26 bits per heavy atom. The number of rotatable bonds is 3. The first-order chi connectivity index (χ1) is 16.2. The molecule has 172 valence electrons. The van der Waals surface area contributed by atoms with Gasteiger partial charge in [-0.2, -0.15) is 23.5 Å². The Morgan fingerprint density at radius 3 is 2.74 bits per heavy atom. The fourth-order valence-electron chi connectivity index (χ4n) is 4.17. The summed E-state index contributed by atoms with van der Waals surface area (Å²) in [6.07, 6.45) is -2.14. The van der Waals surface area contributed by atoms with E-state index in [1.54, 1.807) is 30.3 Å². The largest absolute Gasteiger partial charge is 0.433 e. The molecule has 34 heavy (non-hydrogen) atoms. The fourth-order valence-corrected chi connectivity index (χ4v) is 5.52. The maximum atomic E-state index is 13.8. The van der Waals surface area contributed by atoms with Crippen molar-refractivity contribution in [2.24, 2.45) is 5.92 Å². The van der Waals surface area contributed by atoms with Crippen molar-refractivity contribution in [1.29, 1.82) is 5.26 Å². The molecule has 0 unspecified atom stereocenters. The van der Waals surface area contributed by atoms with Crippen molar-refractivity contribution >= 4 is 27.9 Å². The summed E-state index contributed by atoms with van der Waals surface area (Å²) in [6, 6.07) is 12.8. The molecule has 1 aromatic carbocycles. The highest BCUT2D eigenvalue weighted by molar-refractivity contribution is 7.16. The van der Waals surface area contributed by atoms with E-state index in [9.17, 15) is 23.2 Å². The third-order valence-corrected chi connectivity index (χ3v) is 7.04.